The van der Waals surface area contributed by atoms with Crippen LogP contribution in [0.1, 0.15) is 19.4 Å². The van der Waals surface area contributed by atoms with Crippen molar-refractivity contribution in [3.8, 4) is 0 Å². The number of halogens is 4. The van der Waals surface area contributed by atoms with Crippen LogP contribution in [-0.4, -0.2) is 65.7 Å². The highest BCUT2D eigenvalue weighted by Crippen LogP contribution is 2.25. The number of rotatable bonds is 4. The molecule has 29 heavy (non-hydrogen) atoms. The second-order valence-electron chi connectivity index (χ2n) is 6.90. The molecule has 5 nitrogen and oxygen atoms in total. The molecule has 3 rings (SSSR count). The van der Waals surface area contributed by atoms with Gasteiger partial charge in [0.1, 0.15) is 6.04 Å². The van der Waals surface area contributed by atoms with Gasteiger partial charge in [0.05, 0.1) is 12.1 Å². The summed E-state index contributed by atoms with van der Waals surface area (Å²) in [6, 6.07) is 8.46. The highest BCUT2D eigenvalue weighted by Gasteiger charge is 2.41. The molecule has 1 atom stereocenters. The second kappa shape index (κ2) is 10.4. The predicted molar refractivity (Wildman–Crippen MR) is 121 cm³/mol. The van der Waals surface area contributed by atoms with Gasteiger partial charge in [-0.3, -0.25) is 9.88 Å². The van der Waals surface area contributed by atoms with Gasteiger partial charge < -0.3 is 10.2 Å². The molecule has 0 bridgehead atoms. The normalized spacial score (nSPS) is 17.1. The number of para-hydroxylation sites is 1. The fraction of sp³-hybridized carbons (Fsp3) is 0.500. The third kappa shape index (κ3) is 5.94. The van der Waals surface area contributed by atoms with Gasteiger partial charge in [0.25, 0.3) is 0 Å². The van der Waals surface area contributed by atoms with Gasteiger partial charge in [-0.2, -0.15) is 13.2 Å². The summed E-state index contributed by atoms with van der Waals surface area (Å²) in [6.45, 7) is 6.17. The monoisotopic (exact) mass is 521 g/mol. The summed E-state index contributed by atoms with van der Waals surface area (Å²) in [7, 11) is 0. The van der Waals surface area contributed by atoms with Crippen LogP contribution in [0, 0.1) is 0 Å². The van der Waals surface area contributed by atoms with E-state index in [1.807, 2.05) is 42.2 Å². The van der Waals surface area contributed by atoms with Gasteiger partial charge in [0.15, 0.2) is 5.96 Å². The van der Waals surface area contributed by atoms with E-state index in [2.05, 4.69) is 10.3 Å². The number of pyridine rings is 1. The molecule has 1 aliphatic rings. The topological polar surface area (TPSA) is 43.8 Å². The Morgan fingerprint density at radius 2 is 1.86 bits per heavy atom. The highest BCUT2D eigenvalue weighted by atomic mass is 127. The molecule has 1 saturated heterocycles. The van der Waals surface area contributed by atoms with Crippen molar-refractivity contribution in [2.45, 2.75) is 32.6 Å². The molecule has 160 valence electrons. The second-order valence-corrected chi connectivity index (χ2v) is 6.90. The van der Waals surface area contributed by atoms with Gasteiger partial charge in [-0.1, -0.05) is 18.2 Å². The van der Waals surface area contributed by atoms with E-state index in [0.29, 0.717) is 39.3 Å². The van der Waals surface area contributed by atoms with Gasteiger partial charge in [-0.25, -0.2) is 4.99 Å². The molecule has 1 aromatic heterocycles. The zero-order valence-corrected chi connectivity index (χ0v) is 18.9. The van der Waals surface area contributed by atoms with Crippen molar-refractivity contribution in [2.75, 3.05) is 32.7 Å². The molecule has 1 aromatic carbocycles. The Morgan fingerprint density at radius 3 is 2.52 bits per heavy atom. The van der Waals surface area contributed by atoms with Gasteiger partial charge in [-0.05, 0) is 31.5 Å². The molecule has 0 radical (unpaired) electrons. The third-order valence-corrected chi connectivity index (χ3v) is 5.11. The summed E-state index contributed by atoms with van der Waals surface area (Å²) < 4.78 is 38.8. The Bertz CT molecular complexity index is 814. The van der Waals surface area contributed by atoms with Crippen molar-refractivity contribution in [3.05, 3.63) is 42.1 Å². The Hall–Kier alpha value is -1.62. The molecule has 0 amide bonds. The van der Waals surface area contributed by atoms with Crippen LogP contribution in [0.4, 0.5) is 13.2 Å². The summed E-state index contributed by atoms with van der Waals surface area (Å²) in [6.07, 6.45) is -2.42. The lowest BCUT2D eigenvalue weighted by atomic mass is 10.1. The Kier molecular flexibility index (Phi) is 8.50. The van der Waals surface area contributed by atoms with Crippen molar-refractivity contribution in [3.63, 3.8) is 0 Å². The van der Waals surface area contributed by atoms with Crippen molar-refractivity contribution in [1.82, 2.24) is 20.1 Å². The zero-order chi connectivity index (χ0) is 20.1. The number of hydrogen-bond acceptors (Lipinski definition) is 3. The molecule has 0 spiro atoms. The third-order valence-electron chi connectivity index (χ3n) is 5.11. The summed E-state index contributed by atoms with van der Waals surface area (Å²) in [4.78, 5) is 12.6. The van der Waals surface area contributed by atoms with Gasteiger partial charge >= 0.3 is 6.18 Å². The number of hydrogen-bond donors (Lipinski definition) is 1. The first-order valence-electron chi connectivity index (χ1n) is 9.56. The van der Waals surface area contributed by atoms with Crippen LogP contribution < -0.4 is 5.32 Å². The standard InChI is InChI=1S/C20H26F3N5.HI/c1-3-24-19(28-12-10-27(11-13-28)15(2)20(21,22)23)26-14-16-8-9-25-18-7-5-4-6-17(16)18;/h4-9,15H,3,10-14H2,1-2H3,(H,24,26);1H. The van der Waals surface area contributed by atoms with Crippen LogP contribution in [0.3, 0.4) is 0 Å². The molecule has 1 fully saturated rings. The van der Waals surface area contributed by atoms with E-state index in [-0.39, 0.29) is 24.0 Å². The van der Waals surface area contributed by atoms with Crippen LogP contribution in [0.5, 0.6) is 0 Å². The van der Waals surface area contributed by atoms with Crippen LogP contribution in [0.2, 0.25) is 0 Å². The fourth-order valence-corrected chi connectivity index (χ4v) is 3.41. The van der Waals surface area contributed by atoms with Gasteiger partial charge in [-0.15, -0.1) is 24.0 Å². The largest absolute Gasteiger partial charge is 0.403 e. The Balaban J connectivity index is 0.00000300. The van der Waals surface area contributed by atoms with E-state index in [4.69, 9.17) is 4.99 Å². The van der Waals surface area contributed by atoms with Crippen molar-refractivity contribution >= 4 is 40.8 Å². The molecule has 0 aliphatic carbocycles. The van der Waals surface area contributed by atoms with E-state index in [1.165, 1.54) is 11.8 Å². The molecule has 2 heterocycles. The van der Waals surface area contributed by atoms with E-state index >= 15 is 0 Å². The summed E-state index contributed by atoms with van der Waals surface area (Å²) >= 11 is 0. The summed E-state index contributed by atoms with van der Waals surface area (Å²) in [5, 5.41) is 4.33. The molecule has 9 heteroatoms. The lowest BCUT2D eigenvalue weighted by Crippen LogP contribution is -2.56. The minimum Gasteiger partial charge on any atom is -0.357 e. The van der Waals surface area contributed by atoms with Crippen molar-refractivity contribution in [2.24, 2.45) is 4.99 Å². The number of benzene rings is 1. The minimum absolute atomic E-state index is 0. The first-order chi connectivity index (χ1) is 13.4. The van der Waals surface area contributed by atoms with Crippen LogP contribution >= 0.6 is 24.0 Å². The lowest BCUT2D eigenvalue weighted by molar-refractivity contribution is -0.181. The van der Waals surface area contributed by atoms with E-state index in [1.54, 1.807) is 6.20 Å². The van der Waals surface area contributed by atoms with Crippen molar-refractivity contribution in [1.29, 1.82) is 0 Å². The average molecular weight is 521 g/mol. The first-order valence-corrected chi connectivity index (χ1v) is 9.56. The number of guanidine groups is 1. The minimum atomic E-state index is -4.19. The van der Waals surface area contributed by atoms with Gasteiger partial charge in [0.2, 0.25) is 0 Å². The summed E-state index contributed by atoms with van der Waals surface area (Å²) in [5.74, 6) is 0.739. The first kappa shape index (κ1) is 23.7. The predicted octanol–water partition coefficient (Wildman–Crippen LogP) is 3.89. The molecule has 2 aromatic rings. The molecule has 0 saturated carbocycles. The number of aliphatic imine (C=N–C) groups is 1. The van der Waals surface area contributed by atoms with Crippen molar-refractivity contribution < 1.29 is 13.2 Å². The highest BCUT2D eigenvalue weighted by molar-refractivity contribution is 14.0. The molecule has 1 unspecified atom stereocenters. The Morgan fingerprint density at radius 1 is 1.17 bits per heavy atom. The quantitative estimate of drug-likeness (QED) is 0.377. The SMILES string of the molecule is CCNC(=NCc1ccnc2ccccc12)N1CCN(C(C)C(F)(F)F)CC1.I. The molecule has 1 aliphatic heterocycles. The van der Waals surface area contributed by atoms with E-state index < -0.39 is 12.2 Å². The number of piperazine rings is 1. The van der Waals surface area contributed by atoms with Crippen LogP contribution in [0.15, 0.2) is 41.5 Å². The van der Waals surface area contributed by atoms with E-state index in [9.17, 15) is 13.2 Å². The summed E-state index contributed by atoms with van der Waals surface area (Å²) in [5.41, 5.74) is 2.00. The number of nitrogens with zero attached hydrogens (tertiary/aromatic N) is 4. The fourth-order valence-electron chi connectivity index (χ4n) is 3.41. The number of aromatic nitrogens is 1. The number of fused-ring (bicyclic) bond motifs is 1. The maximum absolute atomic E-state index is 12.9. The van der Waals surface area contributed by atoms with Gasteiger partial charge in [0, 0.05) is 44.3 Å². The average Bonchev–Trinajstić information content (AvgIpc) is 2.70. The lowest BCUT2D eigenvalue weighted by Gasteiger charge is -2.39. The molecular formula is C20H27F3IN5. The van der Waals surface area contributed by atoms with Crippen LogP contribution in [-0.2, 0) is 6.54 Å². The maximum atomic E-state index is 12.9. The number of nitrogens with one attached hydrogen (secondary N) is 1. The molecular weight excluding hydrogens is 494 g/mol. The molecule has 1 N–H and O–H groups in total. The van der Waals surface area contributed by atoms with Crippen LogP contribution in [0.25, 0.3) is 10.9 Å². The zero-order valence-electron chi connectivity index (χ0n) is 16.6. The van der Waals surface area contributed by atoms with E-state index in [0.717, 1.165) is 22.4 Å². The number of alkyl halides is 3. The smallest absolute Gasteiger partial charge is 0.357 e. The Labute approximate surface area is 186 Å². The maximum Gasteiger partial charge on any atom is 0.403 e.